The zero-order chi connectivity index (χ0) is 21.4. The molecule has 31 heavy (non-hydrogen) atoms. The Kier molecular flexibility index (Phi) is 5.60. The van der Waals surface area contributed by atoms with Crippen molar-refractivity contribution < 1.29 is 23.7 Å². The minimum Gasteiger partial charge on any atom is -0.494 e. The fourth-order valence-electron chi connectivity index (χ4n) is 3.79. The molecule has 3 aromatic rings. The SMILES string of the molecule is COc1ccc(Cl)c2sc(N(CC3CCCO3)C(=O)C3COc4ccccc4O3)nc12. The van der Waals surface area contributed by atoms with Gasteiger partial charge in [0.2, 0.25) is 6.10 Å². The molecule has 7 nitrogen and oxygen atoms in total. The molecular weight excluding hydrogens is 440 g/mol. The van der Waals surface area contributed by atoms with Crippen LogP contribution in [0.25, 0.3) is 10.2 Å². The minimum atomic E-state index is -0.777. The van der Waals surface area contributed by atoms with Crippen LogP contribution in [0.4, 0.5) is 5.13 Å². The van der Waals surface area contributed by atoms with Gasteiger partial charge in [-0.1, -0.05) is 35.1 Å². The number of rotatable bonds is 5. The summed E-state index contributed by atoms with van der Waals surface area (Å²) in [6, 6.07) is 10.9. The number of carbonyl (C=O) groups excluding carboxylic acids is 1. The first-order chi connectivity index (χ1) is 15.1. The lowest BCUT2D eigenvalue weighted by atomic mass is 10.2. The van der Waals surface area contributed by atoms with Gasteiger partial charge < -0.3 is 18.9 Å². The molecule has 2 unspecified atom stereocenters. The summed E-state index contributed by atoms with van der Waals surface area (Å²) in [7, 11) is 1.58. The zero-order valence-corrected chi connectivity index (χ0v) is 18.4. The highest BCUT2D eigenvalue weighted by Crippen LogP contribution is 2.40. The van der Waals surface area contributed by atoms with Gasteiger partial charge >= 0.3 is 0 Å². The number of benzene rings is 2. The number of carbonyl (C=O) groups is 1. The van der Waals surface area contributed by atoms with Crippen molar-refractivity contribution >= 4 is 44.2 Å². The molecule has 1 amide bonds. The second-order valence-electron chi connectivity index (χ2n) is 7.37. The van der Waals surface area contributed by atoms with E-state index in [4.69, 9.17) is 35.5 Å². The Bertz CT molecular complexity index is 1110. The summed E-state index contributed by atoms with van der Waals surface area (Å²) >= 11 is 7.75. The summed E-state index contributed by atoms with van der Waals surface area (Å²) in [6.45, 7) is 1.22. The lowest BCUT2D eigenvalue weighted by Crippen LogP contribution is -2.48. The normalized spacial score (nSPS) is 20.1. The highest BCUT2D eigenvalue weighted by Gasteiger charge is 2.35. The second kappa shape index (κ2) is 8.53. The van der Waals surface area contributed by atoms with E-state index in [1.165, 1.54) is 11.3 Å². The molecule has 0 N–H and O–H groups in total. The summed E-state index contributed by atoms with van der Waals surface area (Å²) in [5, 5.41) is 1.10. The van der Waals surface area contributed by atoms with Gasteiger partial charge in [-0.25, -0.2) is 4.98 Å². The first-order valence-electron chi connectivity index (χ1n) is 10.1. The van der Waals surface area contributed by atoms with Crippen molar-refractivity contribution in [3.8, 4) is 17.2 Å². The van der Waals surface area contributed by atoms with Crippen LogP contribution >= 0.6 is 22.9 Å². The van der Waals surface area contributed by atoms with Crippen molar-refractivity contribution in [2.75, 3.05) is 31.8 Å². The van der Waals surface area contributed by atoms with E-state index in [9.17, 15) is 4.79 Å². The van der Waals surface area contributed by atoms with Gasteiger partial charge in [0.05, 0.1) is 29.5 Å². The molecule has 3 heterocycles. The van der Waals surface area contributed by atoms with Crippen LogP contribution in [0.3, 0.4) is 0 Å². The largest absolute Gasteiger partial charge is 0.494 e. The predicted octanol–water partition coefficient (Wildman–Crippen LogP) is 4.31. The standard InChI is InChI=1S/C22H21ClN2O5S/c1-27-17-9-8-14(23)20-19(17)24-22(31-20)25(11-13-5-4-10-28-13)21(26)18-12-29-15-6-2-3-7-16(15)30-18/h2-3,6-9,13,18H,4-5,10-12H2,1H3. The fourth-order valence-corrected chi connectivity index (χ4v) is 5.06. The van der Waals surface area contributed by atoms with E-state index in [0.29, 0.717) is 46.1 Å². The molecule has 0 spiro atoms. The number of nitrogens with zero attached hydrogens (tertiary/aromatic N) is 2. The van der Waals surface area contributed by atoms with E-state index >= 15 is 0 Å². The van der Waals surface area contributed by atoms with Crippen molar-refractivity contribution in [3.63, 3.8) is 0 Å². The molecular formula is C22H21ClN2O5S. The average Bonchev–Trinajstić information content (AvgIpc) is 3.47. The van der Waals surface area contributed by atoms with Crippen LogP contribution in [0.1, 0.15) is 12.8 Å². The van der Waals surface area contributed by atoms with E-state index in [-0.39, 0.29) is 18.6 Å². The highest BCUT2D eigenvalue weighted by molar-refractivity contribution is 7.23. The topological polar surface area (TPSA) is 70.1 Å². The van der Waals surface area contributed by atoms with E-state index in [0.717, 1.165) is 17.5 Å². The second-order valence-corrected chi connectivity index (χ2v) is 8.76. The van der Waals surface area contributed by atoms with E-state index in [1.807, 2.05) is 18.2 Å². The lowest BCUT2D eigenvalue weighted by molar-refractivity contribution is -0.128. The van der Waals surface area contributed by atoms with Crippen LogP contribution in [0.5, 0.6) is 17.2 Å². The number of amides is 1. The monoisotopic (exact) mass is 460 g/mol. The number of aromatic nitrogens is 1. The van der Waals surface area contributed by atoms with Crippen LogP contribution in [0.15, 0.2) is 36.4 Å². The molecule has 162 valence electrons. The quantitative estimate of drug-likeness (QED) is 0.565. The molecule has 0 aliphatic carbocycles. The summed E-state index contributed by atoms with van der Waals surface area (Å²) in [5.41, 5.74) is 0.631. The molecule has 1 aromatic heterocycles. The zero-order valence-electron chi connectivity index (χ0n) is 16.9. The Morgan fingerprint density at radius 3 is 2.90 bits per heavy atom. The van der Waals surface area contributed by atoms with Crippen molar-refractivity contribution in [2.24, 2.45) is 0 Å². The number of ether oxygens (including phenoxy) is 4. The van der Waals surface area contributed by atoms with E-state index in [2.05, 4.69) is 0 Å². The van der Waals surface area contributed by atoms with Crippen LogP contribution in [0.2, 0.25) is 5.02 Å². The van der Waals surface area contributed by atoms with Crippen LogP contribution in [-0.4, -0.2) is 50.0 Å². The minimum absolute atomic E-state index is 0.0508. The molecule has 1 fully saturated rings. The van der Waals surface area contributed by atoms with Gasteiger partial charge in [0, 0.05) is 6.61 Å². The smallest absolute Gasteiger partial charge is 0.273 e. The molecule has 0 saturated carbocycles. The molecule has 9 heteroatoms. The first kappa shape index (κ1) is 20.4. The van der Waals surface area contributed by atoms with Crippen molar-refractivity contribution in [1.82, 2.24) is 4.98 Å². The van der Waals surface area contributed by atoms with E-state index in [1.54, 1.807) is 30.2 Å². The summed E-state index contributed by atoms with van der Waals surface area (Å²) in [5.74, 6) is 1.57. The molecule has 2 aliphatic heterocycles. The number of anilines is 1. The fraction of sp³-hybridized carbons (Fsp3) is 0.364. The maximum absolute atomic E-state index is 13.6. The third-order valence-electron chi connectivity index (χ3n) is 5.36. The van der Waals surface area contributed by atoms with Crippen LogP contribution in [0, 0.1) is 0 Å². The van der Waals surface area contributed by atoms with Gasteiger partial charge in [0.1, 0.15) is 17.9 Å². The first-order valence-corrected chi connectivity index (χ1v) is 11.3. The molecule has 5 rings (SSSR count). The predicted molar refractivity (Wildman–Crippen MR) is 119 cm³/mol. The van der Waals surface area contributed by atoms with Gasteiger partial charge in [-0.05, 0) is 37.1 Å². The lowest BCUT2D eigenvalue weighted by Gasteiger charge is -2.30. The number of thiazole rings is 1. The molecule has 2 aliphatic rings. The maximum Gasteiger partial charge on any atom is 0.273 e. The van der Waals surface area contributed by atoms with Gasteiger partial charge in [-0.2, -0.15) is 0 Å². The number of halogens is 1. The summed E-state index contributed by atoms with van der Waals surface area (Å²) in [6.07, 6.45) is 1.04. The highest BCUT2D eigenvalue weighted by atomic mass is 35.5. The third kappa shape index (κ3) is 3.91. The molecule has 0 bridgehead atoms. The number of para-hydroxylation sites is 2. The summed E-state index contributed by atoms with van der Waals surface area (Å²) < 4.78 is 23.7. The Morgan fingerprint density at radius 2 is 2.13 bits per heavy atom. The number of hydrogen-bond acceptors (Lipinski definition) is 7. The van der Waals surface area contributed by atoms with Crippen LogP contribution < -0.4 is 19.1 Å². The third-order valence-corrected chi connectivity index (χ3v) is 6.90. The molecule has 1 saturated heterocycles. The van der Waals surface area contributed by atoms with Gasteiger partial charge in [0.25, 0.3) is 5.91 Å². The van der Waals surface area contributed by atoms with Gasteiger partial charge in [-0.15, -0.1) is 0 Å². The van der Waals surface area contributed by atoms with Crippen molar-refractivity contribution in [3.05, 3.63) is 41.4 Å². The number of hydrogen-bond donors (Lipinski definition) is 0. The Morgan fingerprint density at radius 1 is 1.29 bits per heavy atom. The van der Waals surface area contributed by atoms with Crippen molar-refractivity contribution in [2.45, 2.75) is 25.0 Å². The number of fused-ring (bicyclic) bond motifs is 2. The molecule has 2 aromatic carbocycles. The Labute approximate surface area is 188 Å². The molecule has 2 atom stereocenters. The average molecular weight is 461 g/mol. The number of methoxy groups -OCH3 is 1. The van der Waals surface area contributed by atoms with Crippen LogP contribution in [-0.2, 0) is 9.53 Å². The Balaban J connectivity index is 1.49. The Hall–Kier alpha value is -2.55. The van der Waals surface area contributed by atoms with E-state index < -0.39 is 6.10 Å². The van der Waals surface area contributed by atoms with Gasteiger partial charge in [0.15, 0.2) is 16.6 Å². The van der Waals surface area contributed by atoms with Crippen molar-refractivity contribution in [1.29, 1.82) is 0 Å². The maximum atomic E-state index is 13.6. The molecule has 0 radical (unpaired) electrons. The van der Waals surface area contributed by atoms with Gasteiger partial charge in [-0.3, -0.25) is 9.69 Å². The summed E-state index contributed by atoms with van der Waals surface area (Å²) in [4.78, 5) is 19.9.